The average molecular weight is 543 g/mol. The lowest BCUT2D eigenvalue weighted by Crippen LogP contribution is -2.58. The average Bonchev–Trinajstić information content (AvgIpc) is 2.98. The van der Waals surface area contributed by atoms with E-state index in [1.165, 1.54) is 37.2 Å². The Kier molecular flexibility index (Phi) is 8.37. The fourth-order valence-corrected chi connectivity index (χ4v) is 4.89. The second kappa shape index (κ2) is 10.8. The first-order valence-electron chi connectivity index (χ1n) is 11.6. The standard InChI is InChI=1S/C23H29BCl2N2O8/c1-13(2)7-14(8-16(29)12-27-21(32)17-9-15(25)5-6-18(17)26)24-34-20(31)11-23(36-24,22(33)35-24)10-19(30)28(3)4/h5-6,9,13-14,34H,7-8,10-12H2,1-4H3,(H,27,32)/t14-,23+,24?/m1/s1. The molecule has 36 heavy (non-hydrogen) atoms. The van der Waals surface area contributed by atoms with Crippen LogP contribution in [0.3, 0.4) is 0 Å². The van der Waals surface area contributed by atoms with E-state index in [2.05, 4.69) is 9.97 Å². The second-order valence-electron chi connectivity index (χ2n) is 9.85. The summed E-state index contributed by atoms with van der Waals surface area (Å²) in [5.74, 6) is -3.56. The van der Waals surface area contributed by atoms with Crippen molar-refractivity contribution in [1.82, 2.24) is 10.2 Å². The van der Waals surface area contributed by atoms with Gasteiger partial charge in [0, 0.05) is 23.9 Å². The number of nitrogens with zero attached hydrogens (tertiary/aromatic N) is 1. The van der Waals surface area contributed by atoms with E-state index in [1.54, 1.807) is 0 Å². The molecule has 13 heteroatoms. The van der Waals surface area contributed by atoms with E-state index < -0.39 is 54.1 Å². The van der Waals surface area contributed by atoms with Crippen molar-refractivity contribution in [3.05, 3.63) is 33.8 Å². The van der Waals surface area contributed by atoms with E-state index in [4.69, 9.17) is 32.5 Å². The molecule has 0 radical (unpaired) electrons. The van der Waals surface area contributed by atoms with Gasteiger partial charge in [-0.1, -0.05) is 43.5 Å². The van der Waals surface area contributed by atoms with Crippen molar-refractivity contribution in [2.45, 2.75) is 50.9 Å². The van der Waals surface area contributed by atoms with Crippen molar-refractivity contribution in [3.63, 3.8) is 0 Å². The third-order valence-corrected chi connectivity index (χ3v) is 6.78. The van der Waals surface area contributed by atoms with Gasteiger partial charge in [-0.05, 0) is 36.4 Å². The fourth-order valence-electron chi connectivity index (χ4n) is 4.51. The minimum atomic E-state index is -2.86. The van der Waals surface area contributed by atoms with Crippen molar-refractivity contribution in [2.75, 3.05) is 20.6 Å². The molecule has 2 amide bonds. The largest absolute Gasteiger partial charge is 0.718 e. The maximum Gasteiger partial charge on any atom is 0.576 e. The van der Waals surface area contributed by atoms with Gasteiger partial charge in [0.05, 0.1) is 23.6 Å². The lowest BCUT2D eigenvalue weighted by atomic mass is 9.57. The molecular weight excluding hydrogens is 514 g/mol. The lowest BCUT2D eigenvalue weighted by Gasteiger charge is -2.43. The number of carboxylic acids is 1. The van der Waals surface area contributed by atoms with Gasteiger partial charge in [-0.2, -0.15) is 0 Å². The minimum Gasteiger partial charge on any atom is -0.718 e. The molecule has 10 nitrogen and oxygen atoms in total. The summed E-state index contributed by atoms with van der Waals surface area (Å²) in [5.41, 5.74) is -1.65. The fraction of sp³-hybridized carbons (Fsp3) is 0.522. The summed E-state index contributed by atoms with van der Waals surface area (Å²) >= 11 is 12.0. The Morgan fingerprint density at radius 1 is 1.22 bits per heavy atom. The third kappa shape index (κ3) is 6.01. The van der Waals surface area contributed by atoms with Gasteiger partial charge in [0.25, 0.3) is 11.9 Å². The number of hydrogen-bond donors (Lipinski definition) is 1. The van der Waals surface area contributed by atoms with E-state index in [-0.39, 0.29) is 35.9 Å². The predicted octanol–water partition coefficient (Wildman–Crippen LogP) is 2.29. The molecule has 2 saturated heterocycles. The van der Waals surface area contributed by atoms with Crippen LogP contribution in [-0.2, 0) is 28.5 Å². The van der Waals surface area contributed by atoms with Crippen molar-refractivity contribution >= 4 is 59.5 Å². The number of fused-ring (bicyclic) bond motifs is 2. The van der Waals surface area contributed by atoms with E-state index in [9.17, 15) is 24.0 Å². The lowest BCUT2D eigenvalue weighted by molar-refractivity contribution is -0.170. The van der Waals surface area contributed by atoms with Gasteiger partial charge in [0.1, 0.15) is 12.2 Å². The van der Waals surface area contributed by atoms with Gasteiger partial charge in [-0.25, -0.2) is 0 Å². The van der Waals surface area contributed by atoms with Crippen LogP contribution in [0.25, 0.3) is 0 Å². The number of rotatable bonds is 10. The zero-order chi connectivity index (χ0) is 26.8. The highest BCUT2D eigenvalue weighted by atomic mass is 35.5. The number of ketones is 1. The van der Waals surface area contributed by atoms with Crippen LogP contribution in [0.1, 0.15) is 49.9 Å². The Balaban J connectivity index is 1.77. The third-order valence-electron chi connectivity index (χ3n) is 6.22. The van der Waals surface area contributed by atoms with Crippen molar-refractivity contribution in [1.29, 1.82) is 0 Å². The van der Waals surface area contributed by atoms with E-state index >= 15 is 0 Å². The van der Waals surface area contributed by atoms with Crippen LogP contribution in [0.4, 0.5) is 0 Å². The number of halogens is 2. The zero-order valence-electron chi connectivity index (χ0n) is 20.5. The highest BCUT2D eigenvalue weighted by molar-refractivity contribution is 6.67. The first-order valence-corrected chi connectivity index (χ1v) is 12.3. The molecule has 2 aliphatic heterocycles. The molecule has 196 valence electrons. The van der Waals surface area contributed by atoms with E-state index in [0.717, 1.165) is 0 Å². The maximum atomic E-state index is 12.9. The molecule has 2 bridgehead atoms. The molecule has 3 atom stereocenters. The number of carbonyl (C=O) groups excluding carboxylic acids is 4. The van der Waals surface area contributed by atoms with Gasteiger partial charge < -0.3 is 24.2 Å². The Hall–Kier alpha value is -2.63. The smallest absolute Gasteiger partial charge is 0.576 e. The Labute approximate surface area is 218 Å². The molecule has 0 spiro atoms. The first kappa shape index (κ1) is 28.0. The quantitative estimate of drug-likeness (QED) is 0.354. The summed E-state index contributed by atoms with van der Waals surface area (Å²) < 4.78 is 15.7. The molecule has 2 aliphatic rings. The number of Topliss-reactive ketones (excluding diaryl/α,β-unsaturated/α-hetero) is 1. The molecule has 0 aliphatic carbocycles. The zero-order valence-corrected chi connectivity index (χ0v) is 22.0. The summed E-state index contributed by atoms with van der Waals surface area (Å²) in [6.45, 7) is 0.603. The molecule has 0 aromatic heterocycles. The Morgan fingerprint density at radius 3 is 2.56 bits per heavy atom. The van der Waals surface area contributed by atoms with Gasteiger partial charge >= 0.3 is 12.7 Å². The molecule has 2 N–H and O–H groups in total. The highest BCUT2D eigenvalue weighted by Crippen LogP contribution is 2.47. The minimum absolute atomic E-state index is 0.0341. The maximum absolute atomic E-state index is 12.9. The van der Waals surface area contributed by atoms with E-state index in [1.807, 2.05) is 13.8 Å². The summed E-state index contributed by atoms with van der Waals surface area (Å²) in [7, 11) is 3.05. The Bertz CT molecular complexity index is 1100. The summed E-state index contributed by atoms with van der Waals surface area (Å²) in [5, 5.41) is 3.01. The van der Waals surface area contributed by atoms with Gasteiger partial charge in [-0.15, -0.1) is 0 Å². The normalized spacial score (nSPS) is 23.6. The molecular formula is C23H29BCl2N2O8. The molecule has 3 rings (SSSR count). The highest BCUT2D eigenvalue weighted by Gasteiger charge is 2.67. The second-order valence-corrected chi connectivity index (χ2v) is 10.7. The number of benzene rings is 1. The van der Waals surface area contributed by atoms with Crippen LogP contribution in [-0.4, -0.2) is 72.1 Å². The number of carbonyl (C=O) groups is 5. The van der Waals surface area contributed by atoms with Crippen molar-refractivity contribution in [2.24, 2.45) is 5.92 Å². The van der Waals surface area contributed by atoms with Crippen LogP contribution in [0.15, 0.2) is 18.2 Å². The molecule has 2 fully saturated rings. The van der Waals surface area contributed by atoms with Gasteiger partial charge in [0.2, 0.25) is 5.91 Å². The monoisotopic (exact) mass is 542 g/mol. The van der Waals surface area contributed by atoms with Crippen molar-refractivity contribution in [3.8, 4) is 0 Å². The van der Waals surface area contributed by atoms with Crippen LogP contribution in [0.5, 0.6) is 0 Å². The SMILES string of the molecule is CC(C)C[C@H](CC(=O)CNC(=O)c1cc(Cl)ccc1Cl)[B-]12OC(=O)[C@](CC(=O)N(C)C)(CC(=O)[OH+]1)O2. The first-order chi connectivity index (χ1) is 16.8. The number of aliphatic carboxylic acids is 1. The van der Waals surface area contributed by atoms with Gasteiger partial charge in [0.15, 0.2) is 5.60 Å². The van der Waals surface area contributed by atoms with Gasteiger partial charge in [-0.3, -0.25) is 19.2 Å². The molecule has 1 unspecified atom stereocenters. The molecule has 1 aromatic rings. The molecule has 0 saturated carbocycles. The number of nitrogens with one attached hydrogen (secondary N) is 1. The summed E-state index contributed by atoms with van der Waals surface area (Å²) in [6, 6.07) is 4.40. The topological polar surface area (TPSA) is 132 Å². The summed E-state index contributed by atoms with van der Waals surface area (Å²) in [4.78, 5) is 64.6. The summed E-state index contributed by atoms with van der Waals surface area (Å²) in [6.07, 6.45) is -0.610. The van der Waals surface area contributed by atoms with Crippen LogP contribution >= 0.6 is 23.2 Å². The predicted molar refractivity (Wildman–Crippen MR) is 132 cm³/mol. The molecule has 1 aromatic carbocycles. The Morgan fingerprint density at radius 2 is 1.92 bits per heavy atom. The van der Waals surface area contributed by atoms with Crippen LogP contribution < -0.4 is 5.32 Å². The van der Waals surface area contributed by atoms with Crippen LogP contribution in [0.2, 0.25) is 15.9 Å². The molecule has 2 heterocycles. The van der Waals surface area contributed by atoms with Crippen LogP contribution in [0, 0.1) is 5.92 Å². The van der Waals surface area contributed by atoms with Crippen molar-refractivity contribution < 1.29 is 37.9 Å². The number of amides is 2. The van der Waals surface area contributed by atoms with E-state index in [0.29, 0.717) is 11.4 Å². The number of hydrogen-bond acceptors (Lipinski definition) is 7.